The number of rotatable bonds is 4. The Morgan fingerprint density at radius 2 is 2.05 bits per heavy atom. The second-order valence-electron chi connectivity index (χ2n) is 4.74. The van der Waals surface area contributed by atoms with Gasteiger partial charge < -0.3 is 9.73 Å². The molecule has 102 valence electrons. The molecule has 2 aromatic rings. The third kappa shape index (κ3) is 3.15. The Morgan fingerprint density at radius 3 is 2.68 bits per heavy atom. The van der Waals surface area contributed by atoms with Gasteiger partial charge in [-0.05, 0) is 19.2 Å². The maximum atomic E-state index is 5.53. The first-order valence-corrected chi connectivity index (χ1v) is 6.24. The summed E-state index contributed by atoms with van der Waals surface area (Å²) in [7, 11) is 2.13. The van der Waals surface area contributed by atoms with Gasteiger partial charge in [-0.25, -0.2) is 4.98 Å². The fraction of sp³-hybridized carbons (Fsp3) is 0.357. The minimum Gasteiger partial charge on any atom is -0.444 e. The van der Waals surface area contributed by atoms with Gasteiger partial charge in [-0.2, -0.15) is 0 Å². The Morgan fingerprint density at radius 1 is 1.32 bits per heavy atom. The van der Waals surface area contributed by atoms with E-state index in [0.717, 1.165) is 30.9 Å². The molecule has 1 fully saturated rings. The molecule has 0 atom stereocenters. The zero-order valence-electron chi connectivity index (χ0n) is 10.9. The van der Waals surface area contributed by atoms with Crippen LogP contribution in [0.3, 0.4) is 0 Å². The first kappa shape index (κ1) is 14.1. The first-order valence-electron chi connectivity index (χ1n) is 6.24. The lowest BCUT2D eigenvalue weighted by atomic mass is 10.1. The van der Waals surface area contributed by atoms with Crippen LogP contribution in [0.25, 0.3) is 11.5 Å². The van der Waals surface area contributed by atoms with Crippen molar-refractivity contribution < 1.29 is 4.42 Å². The number of nitrogens with zero attached hydrogens (tertiary/aromatic N) is 2. The summed E-state index contributed by atoms with van der Waals surface area (Å²) < 4.78 is 5.53. The maximum absolute atomic E-state index is 5.53. The van der Waals surface area contributed by atoms with Crippen molar-refractivity contribution in [3.05, 3.63) is 42.3 Å². The van der Waals surface area contributed by atoms with Crippen molar-refractivity contribution in [1.82, 2.24) is 15.2 Å². The Labute approximate surface area is 119 Å². The quantitative estimate of drug-likeness (QED) is 0.931. The highest BCUT2D eigenvalue weighted by molar-refractivity contribution is 5.85. The summed E-state index contributed by atoms with van der Waals surface area (Å²) >= 11 is 0. The van der Waals surface area contributed by atoms with Crippen molar-refractivity contribution in [3.8, 4) is 11.5 Å². The molecule has 2 heterocycles. The lowest BCUT2D eigenvalue weighted by molar-refractivity contribution is 0.171. The van der Waals surface area contributed by atoms with Crippen LogP contribution >= 0.6 is 12.4 Å². The van der Waals surface area contributed by atoms with Gasteiger partial charge in [0, 0.05) is 31.2 Å². The van der Waals surface area contributed by atoms with Crippen LogP contribution in [0.1, 0.15) is 5.69 Å². The van der Waals surface area contributed by atoms with Crippen molar-refractivity contribution in [2.24, 2.45) is 0 Å². The number of hydrogen-bond donors (Lipinski definition) is 1. The Balaban J connectivity index is 0.00000133. The van der Waals surface area contributed by atoms with Crippen LogP contribution in [0, 0.1) is 0 Å². The van der Waals surface area contributed by atoms with Crippen molar-refractivity contribution in [1.29, 1.82) is 0 Å². The van der Waals surface area contributed by atoms with Crippen LogP contribution in [0.5, 0.6) is 0 Å². The number of halogens is 1. The third-order valence-corrected chi connectivity index (χ3v) is 3.37. The molecule has 0 unspecified atom stereocenters. The fourth-order valence-electron chi connectivity index (χ4n) is 2.06. The summed E-state index contributed by atoms with van der Waals surface area (Å²) in [4.78, 5) is 6.84. The van der Waals surface area contributed by atoms with Crippen LogP contribution in [0.4, 0.5) is 0 Å². The van der Waals surface area contributed by atoms with Gasteiger partial charge in [0.1, 0.15) is 6.26 Å². The predicted octanol–water partition coefficient (Wildman–Crippen LogP) is 2.17. The maximum Gasteiger partial charge on any atom is 0.226 e. The molecular formula is C14H18ClN3O. The van der Waals surface area contributed by atoms with Gasteiger partial charge in [-0.15, -0.1) is 12.4 Å². The van der Waals surface area contributed by atoms with Crippen LogP contribution in [-0.4, -0.2) is 36.1 Å². The smallest absolute Gasteiger partial charge is 0.226 e. The molecule has 3 rings (SSSR count). The van der Waals surface area contributed by atoms with Gasteiger partial charge in [0.25, 0.3) is 0 Å². The summed E-state index contributed by atoms with van der Waals surface area (Å²) in [5, 5.41) is 3.27. The summed E-state index contributed by atoms with van der Waals surface area (Å²) in [6.45, 7) is 2.97. The number of benzene rings is 1. The van der Waals surface area contributed by atoms with E-state index < -0.39 is 0 Å². The summed E-state index contributed by atoms with van der Waals surface area (Å²) in [5.41, 5.74) is 2.01. The highest BCUT2D eigenvalue weighted by Crippen LogP contribution is 2.19. The molecule has 4 nitrogen and oxygen atoms in total. The second kappa shape index (κ2) is 6.19. The number of nitrogens with one attached hydrogen (secondary N) is 1. The highest BCUT2D eigenvalue weighted by Gasteiger charge is 2.22. The number of oxazole rings is 1. The molecule has 1 aromatic heterocycles. The van der Waals surface area contributed by atoms with Crippen LogP contribution < -0.4 is 5.32 Å². The minimum atomic E-state index is 0. The molecule has 5 heteroatoms. The van der Waals surface area contributed by atoms with E-state index in [1.165, 1.54) is 0 Å². The zero-order valence-corrected chi connectivity index (χ0v) is 11.7. The van der Waals surface area contributed by atoms with Gasteiger partial charge >= 0.3 is 0 Å². The topological polar surface area (TPSA) is 41.3 Å². The monoisotopic (exact) mass is 279 g/mol. The zero-order chi connectivity index (χ0) is 12.4. The molecule has 1 N–H and O–H groups in total. The highest BCUT2D eigenvalue weighted by atomic mass is 35.5. The normalized spacial score (nSPS) is 15.1. The molecule has 1 aromatic carbocycles. The van der Waals surface area contributed by atoms with Gasteiger partial charge in [0.15, 0.2) is 0 Å². The van der Waals surface area contributed by atoms with Gasteiger partial charge in [-0.3, -0.25) is 4.90 Å². The molecule has 0 spiro atoms. The summed E-state index contributed by atoms with van der Waals surface area (Å²) in [5.74, 6) is 0.700. The molecule has 1 saturated heterocycles. The van der Waals surface area contributed by atoms with E-state index in [9.17, 15) is 0 Å². The molecule has 0 bridgehead atoms. The second-order valence-corrected chi connectivity index (χ2v) is 4.74. The van der Waals surface area contributed by atoms with E-state index >= 15 is 0 Å². The van der Waals surface area contributed by atoms with E-state index in [2.05, 4.69) is 22.2 Å². The van der Waals surface area contributed by atoms with Crippen LogP contribution in [-0.2, 0) is 6.54 Å². The van der Waals surface area contributed by atoms with Crippen LogP contribution in [0.2, 0.25) is 0 Å². The Bertz CT molecular complexity index is 510. The first-order chi connectivity index (χ1) is 8.83. The molecule has 1 aliphatic heterocycles. The number of aromatic nitrogens is 1. The lowest BCUT2D eigenvalue weighted by Gasteiger charge is -2.35. The Kier molecular flexibility index (Phi) is 4.58. The summed E-state index contributed by atoms with van der Waals surface area (Å²) in [6.07, 6.45) is 1.75. The van der Waals surface area contributed by atoms with Gasteiger partial charge in [0.2, 0.25) is 5.89 Å². The average molecular weight is 280 g/mol. The van der Waals surface area contributed by atoms with Crippen molar-refractivity contribution >= 4 is 12.4 Å². The van der Waals surface area contributed by atoms with Gasteiger partial charge in [-0.1, -0.05) is 18.2 Å². The third-order valence-electron chi connectivity index (χ3n) is 3.37. The van der Waals surface area contributed by atoms with Crippen LogP contribution in [0.15, 0.2) is 41.0 Å². The minimum absolute atomic E-state index is 0. The number of likely N-dealkylation sites (N-methyl/N-ethyl adjacent to an activating group) is 1. The summed E-state index contributed by atoms with van der Waals surface area (Å²) in [6, 6.07) is 10.6. The SMILES string of the molecule is CN(Cc1coc(-c2ccccc2)n1)C1CNC1.Cl. The van der Waals surface area contributed by atoms with Gasteiger partial charge in [0.05, 0.1) is 5.69 Å². The molecule has 0 radical (unpaired) electrons. The standard InChI is InChI=1S/C14H17N3O.ClH/c1-17(13-7-15-8-13)9-12-10-18-14(16-12)11-5-3-2-4-6-11;/h2-6,10,13,15H,7-9H2,1H3;1H. The molecule has 0 aliphatic carbocycles. The van der Waals surface area contributed by atoms with Crippen molar-refractivity contribution in [2.75, 3.05) is 20.1 Å². The van der Waals surface area contributed by atoms with Crippen molar-refractivity contribution in [3.63, 3.8) is 0 Å². The van der Waals surface area contributed by atoms with E-state index in [1.807, 2.05) is 30.3 Å². The number of hydrogen-bond acceptors (Lipinski definition) is 4. The average Bonchev–Trinajstić information content (AvgIpc) is 2.76. The molecular weight excluding hydrogens is 262 g/mol. The molecule has 1 aliphatic rings. The van der Waals surface area contributed by atoms with Crippen molar-refractivity contribution in [2.45, 2.75) is 12.6 Å². The van der Waals surface area contributed by atoms with E-state index in [-0.39, 0.29) is 12.4 Å². The molecule has 0 saturated carbocycles. The molecule has 0 amide bonds. The van der Waals surface area contributed by atoms with E-state index in [1.54, 1.807) is 6.26 Å². The Hall–Kier alpha value is -1.36. The lowest BCUT2D eigenvalue weighted by Crippen LogP contribution is -2.55. The van der Waals surface area contributed by atoms with E-state index in [0.29, 0.717) is 11.9 Å². The fourth-order valence-corrected chi connectivity index (χ4v) is 2.06. The molecule has 19 heavy (non-hydrogen) atoms. The largest absolute Gasteiger partial charge is 0.444 e. The van der Waals surface area contributed by atoms with E-state index in [4.69, 9.17) is 4.42 Å². The predicted molar refractivity (Wildman–Crippen MR) is 77.3 cm³/mol.